The van der Waals surface area contributed by atoms with E-state index in [0.29, 0.717) is 12.5 Å². The van der Waals surface area contributed by atoms with Crippen LogP contribution in [-0.4, -0.2) is 22.5 Å². The van der Waals surface area contributed by atoms with E-state index >= 15 is 0 Å². The zero-order valence-corrected chi connectivity index (χ0v) is 15.6. The topological polar surface area (TPSA) is 67.7 Å². The molecule has 0 bridgehead atoms. The quantitative estimate of drug-likeness (QED) is 0.702. The van der Waals surface area contributed by atoms with Crippen molar-refractivity contribution in [1.82, 2.24) is 20.0 Å². The minimum Gasteiger partial charge on any atom is -0.497 e. The summed E-state index contributed by atoms with van der Waals surface area (Å²) in [6.07, 6.45) is 4.25. The number of hydrogen-bond acceptors (Lipinski definition) is 3. The lowest BCUT2D eigenvalue weighted by Crippen LogP contribution is -2.38. The fraction of sp³-hybridized carbons (Fsp3) is 0.333. The summed E-state index contributed by atoms with van der Waals surface area (Å²) in [7, 11) is 1.65. The van der Waals surface area contributed by atoms with Gasteiger partial charge in [-0.2, -0.15) is 0 Å². The maximum Gasteiger partial charge on any atom is 0.315 e. The number of imidazole rings is 1. The Morgan fingerprint density at radius 1 is 1.26 bits per heavy atom. The van der Waals surface area contributed by atoms with Gasteiger partial charge in [0.2, 0.25) is 0 Å². The van der Waals surface area contributed by atoms with Crippen molar-refractivity contribution in [1.29, 1.82) is 0 Å². The third kappa shape index (κ3) is 3.89. The molecule has 0 aliphatic heterocycles. The highest BCUT2D eigenvalue weighted by atomic mass is 16.5. The number of benzene rings is 1. The number of amides is 2. The number of urea groups is 1. The molecule has 3 aromatic rings. The highest BCUT2D eigenvalue weighted by Crippen LogP contribution is 2.41. The molecule has 1 saturated carbocycles. The predicted octanol–water partition coefficient (Wildman–Crippen LogP) is 3.60. The van der Waals surface area contributed by atoms with Gasteiger partial charge in [-0.05, 0) is 55.5 Å². The highest BCUT2D eigenvalue weighted by molar-refractivity contribution is 5.74. The van der Waals surface area contributed by atoms with E-state index in [-0.39, 0.29) is 12.1 Å². The van der Waals surface area contributed by atoms with Gasteiger partial charge in [-0.15, -0.1) is 0 Å². The molecule has 0 saturated heterocycles. The number of rotatable bonds is 6. The number of nitrogens with zero attached hydrogens (tertiary/aromatic N) is 2. The molecule has 27 heavy (non-hydrogen) atoms. The molecule has 6 nitrogen and oxygen atoms in total. The van der Waals surface area contributed by atoms with Crippen molar-refractivity contribution in [3.8, 4) is 5.75 Å². The summed E-state index contributed by atoms with van der Waals surface area (Å²) in [5.74, 6) is 1.32. The molecule has 4 rings (SSSR count). The van der Waals surface area contributed by atoms with E-state index < -0.39 is 0 Å². The number of nitrogens with one attached hydrogen (secondary N) is 2. The van der Waals surface area contributed by atoms with Crippen LogP contribution in [0.1, 0.15) is 35.8 Å². The normalized spacial score (nSPS) is 14.7. The van der Waals surface area contributed by atoms with Crippen molar-refractivity contribution in [2.24, 2.45) is 5.92 Å². The first-order valence-electron chi connectivity index (χ1n) is 9.26. The van der Waals surface area contributed by atoms with E-state index in [2.05, 4.69) is 15.6 Å². The number of aromatic nitrogens is 2. The van der Waals surface area contributed by atoms with Gasteiger partial charge in [-0.1, -0.05) is 18.2 Å². The predicted molar refractivity (Wildman–Crippen MR) is 104 cm³/mol. The van der Waals surface area contributed by atoms with E-state index in [1.165, 1.54) is 0 Å². The Bertz CT molecular complexity index is 944. The van der Waals surface area contributed by atoms with Crippen LogP contribution in [0.2, 0.25) is 0 Å². The Morgan fingerprint density at radius 3 is 2.70 bits per heavy atom. The Labute approximate surface area is 158 Å². The number of pyridine rings is 1. The average molecular weight is 364 g/mol. The molecule has 6 heteroatoms. The lowest BCUT2D eigenvalue weighted by molar-refractivity contribution is 0.235. The van der Waals surface area contributed by atoms with Crippen LogP contribution in [0.25, 0.3) is 5.65 Å². The largest absolute Gasteiger partial charge is 0.497 e. The molecular formula is C21H24N4O2. The second kappa shape index (κ2) is 7.31. The number of methoxy groups -OCH3 is 1. The van der Waals surface area contributed by atoms with E-state index in [4.69, 9.17) is 4.74 Å². The number of carbonyl (C=O) groups excluding carboxylic acids is 1. The lowest BCUT2D eigenvalue weighted by atomic mass is 10.0. The fourth-order valence-corrected chi connectivity index (χ4v) is 3.36. The van der Waals surface area contributed by atoms with Crippen molar-refractivity contribution in [3.05, 3.63) is 65.6 Å². The summed E-state index contributed by atoms with van der Waals surface area (Å²) in [4.78, 5) is 17.0. The maximum absolute atomic E-state index is 12.5. The summed E-state index contributed by atoms with van der Waals surface area (Å²) in [5.41, 5.74) is 3.95. The summed E-state index contributed by atoms with van der Waals surface area (Å²) >= 11 is 0. The first-order valence-corrected chi connectivity index (χ1v) is 9.26. The molecule has 0 spiro atoms. The van der Waals surface area contributed by atoms with E-state index in [1.807, 2.05) is 60.0 Å². The van der Waals surface area contributed by atoms with Crippen molar-refractivity contribution in [3.63, 3.8) is 0 Å². The van der Waals surface area contributed by atoms with Gasteiger partial charge in [-0.3, -0.25) is 0 Å². The van der Waals surface area contributed by atoms with Crippen LogP contribution in [-0.2, 0) is 6.54 Å². The Balaban J connectivity index is 1.39. The van der Waals surface area contributed by atoms with Gasteiger partial charge in [0.25, 0.3) is 0 Å². The Kier molecular flexibility index (Phi) is 4.71. The van der Waals surface area contributed by atoms with E-state index in [0.717, 1.165) is 41.2 Å². The molecule has 2 aromatic heterocycles. The van der Waals surface area contributed by atoms with Gasteiger partial charge >= 0.3 is 6.03 Å². The van der Waals surface area contributed by atoms with Crippen molar-refractivity contribution < 1.29 is 9.53 Å². The summed E-state index contributed by atoms with van der Waals surface area (Å²) in [5, 5.41) is 6.06. The first kappa shape index (κ1) is 17.4. The van der Waals surface area contributed by atoms with Crippen LogP contribution in [0.4, 0.5) is 4.79 Å². The summed E-state index contributed by atoms with van der Waals surface area (Å²) in [6.45, 7) is 2.43. The third-order valence-electron chi connectivity index (χ3n) is 5.03. The number of hydrogen-bond donors (Lipinski definition) is 2. The van der Waals surface area contributed by atoms with Gasteiger partial charge in [0.05, 0.1) is 25.4 Å². The molecule has 140 valence electrons. The molecule has 1 fully saturated rings. The standard InChI is InChI=1S/C21H24N4O2/c1-14-4-3-5-19-23-17(13-25(14)19)12-22-21(26)24-20(15-6-7-15)16-8-10-18(27-2)11-9-16/h3-5,8-11,13,15,20H,6-7,12H2,1-2H3,(H2,22,24,26). The minimum absolute atomic E-state index is 0.0271. The molecule has 1 unspecified atom stereocenters. The van der Waals surface area contributed by atoms with Gasteiger partial charge in [0.1, 0.15) is 11.4 Å². The third-order valence-corrected chi connectivity index (χ3v) is 5.03. The van der Waals surface area contributed by atoms with Crippen molar-refractivity contribution in [2.75, 3.05) is 7.11 Å². The fourth-order valence-electron chi connectivity index (χ4n) is 3.36. The SMILES string of the molecule is COc1ccc(C(NC(=O)NCc2cn3c(C)cccc3n2)C2CC2)cc1. The smallest absolute Gasteiger partial charge is 0.315 e. The van der Waals surface area contributed by atoms with Crippen LogP contribution < -0.4 is 15.4 Å². The van der Waals surface area contributed by atoms with Gasteiger partial charge in [-0.25, -0.2) is 9.78 Å². The van der Waals surface area contributed by atoms with Crippen LogP contribution in [0.5, 0.6) is 5.75 Å². The molecule has 2 heterocycles. The van der Waals surface area contributed by atoms with Gasteiger partial charge in [0, 0.05) is 11.9 Å². The number of ether oxygens (including phenoxy) is 1. The second-order valence-corrected chi connectivity index (χ2v) is 7.04. The van der Waals surface area contributed by atoms with Crippen LogP contribution >= 0.6 is 0 Å². The molecule has 2 amide bonds. The Morgan fingerprint density at radius 2 is 2.04 bits per heavy atom. The molecule has 1 aromatic carbocycles. The molecule has 1 aliphatic rings. The maximum atomic E-state index is 12.5. The minimum atomic E-state index is -0.170. The van der Waals surface area contributed by atoms with Crippen LogP contribution in [0.15, 0.2) is 48.7 Å². The zero-order valence-electron chi connectivity index (χ0n) is 15.6. The van der Waals surface area contributed by atoms with Crippen molar-refractivity contribution in [2.45, 2.75) is 32.4 Å². The average Bonchev–Trinajstić information content (AvgIpc) is 3.43. The van der Waals surface area contributed by atoms with Crippen LogP contribution in [0.3, 0.4) is 0 Å². The molecule has 1 aliphatic carbocycles. The monoisotopic (exact) mass is 364 g/mol. The summed E-state index contributed by atoms with van der Waals surface area (Å²) < 4.78 is 7.25. The van der Waals surface area contributed by atoms with E-state index in [1.54, 1.807) is 7.11 Å². The number of aryl methyl sites for hydroxylation is 1. The zero-order chi connectivity index (χ0) is 18.8. The number of carbonyl (C=O) groups is 1. The lowest BCUT2D eigenvalue weighted by Gasteiger charge is -2.19. The first-order chi connectivity index (χ1) is 13.1. The van der Waals surface area contributed by atoms with E-state index in [9.17, 15) is 4.79 Å². The molecular weight excluding hydrogens is 340 g/mol. The molecule has 0 radical (unpaired) electrons. The summed E-state index contributed by atoms with van der Waals surface area (Å²) in [6, 6.07) is 13.7. The van der Waals surface area contributed by atoms with Crippen molar-refractivity contribution >= 4 is 11.7 Å². The molecule has 2 N–H and O–H groups in total. The van der Waals surface area contributed by atoms with Gasteiger partial charge in [0.15, 0.2) is 0 Å². The van der Waals surface area contributed by atoms with Crippen LogP contribution in [0, 0.1) is 12.8 Å². The second-order valence-electron chi connectivity index (χ2n) is 7.04. The molecule has 1 atom stereocenters. The van der Waals surface area contributed by atoms with Gasteiger partial charge < -0.3 is 19.8 Å². The number of fused-ring (bicyclic) bond motifs is 1. The Hall–Kier alpha value is -3.02. The highest BCUT2D eigenvalue weighted by Gasteiger charge is 2.33.